The average molecular weight is 433 g/mol. The minimum absolute atomic E-state index is 0.144. The number of rotatable bonds is 6. The number of anilines is 3. The highest BCUT2D eigenvalue weighted by Gasteiger charge is 2.23. The zero-order chi connectivity index (χ0) is 22.5. The molecule has 0 bridgehead atoms. The Morgan fingerprint density at radius 3 is 2.53 bits per heavy atom. The lowest BCUT2D eigenvalue weighted by atomic mass is 10.1. The molecular formula is C24H28N6O2. The first-order valence-corrected chi connectivity index (χ1v) is 10.7. The van der Waals surface area contributed by atoms with Crippen LogP contribution in [0.2, 0.25) is 0 Å². The molecule has 0 aliphatic carbocycles. The van der Waals surface area contributed by atoms with Crippen LogP contribution in [0.15, 0.2) is 48.7 Å². The molecule has 1 aromatic carbocycles. The third kappa shape index (κ3) is 5.14. The molecule has 1 aliphatic heterocycles. The van der Waals surface area contributed by atoms with E-state index in [-0.39, 0.29) is 5.91 Å². The lowest BCUT2D eigenvalue weighted by molar-refractivity contribution is -0.130. The maximum atomic E-state index is 12.8. The molecule has 3 aromatic rings. The molecule has 0 atom stereocenters. The van der Waals surface area contributed by atoms with Crippen LogP contribution in [-0.4, -0.2) is 59.0 Å². The summed E-state index contributed by atoms with van der Waals surface area (Å²) in [5, 5.41) is 3.23. The summed E-state index contributed by atoms with van der Waals surface area (Å²) in [6.07, 6.45) is 2.14. The zero-order valence-corrected chi connectivity index (χ0v) is 18.7. The molecule has 0 radical (unpaired) electrons. The SMILES string of the molecule is COc1ccc(CC(=O)N2CCN(c3cc(Nc4ccccn4)nc(C)n3)CC2)cc1C. The molecule has 0 saturated carbocycles. The average Bonchev–Trinajstić information content (AvgIpc) is 2.79. The first-order valence-electron chi connectivity index (χ1n) is 10.7. The predicted molar refractivity (Wildman–Crippen MR) is 125 cm³/mol. The number of hydrogen-bond acceptors (Lipinski definition) is 7. The van der Waals surface area contributed by atoms with Gasteiger partial charge in [-0.25, -0.2) is 15.0 Å². The Labute approximate surface area is 188 Å². The molecule has 32 heavy (non-hydrogen) atoms. The number of aromatic nitrogens is 3. The summed E-state index contributed by atoms with van der Waals surface area (Å²) in [4.78, 5) is 30.3. The molecule has 8 heteroatoms. The zero-order valence-electron chi connectivity index (χ0n) is 18.7. The number of benzene rings is 1. The molecule has 0 unspecified atom stereocenters. The van der Waals surface area contributed by atoms with Crippen molar-refractivity contribution in [3.8, 4) is 5.75 Å². The number of ether oxygens (including phenoxy) is 1. The molecule has 8 nitrogen and oxygen atoms in total. The van der Waals surface area contributed by atoms with Crippen LogP contribution in [0.3, 0.4) is 0 Å². The number of aryl methyl sites for hydroxylation is 2. The first-order chi connectivity index (χ1) is 15.5. The third-order valence-corrected chi connectivity index (χ3v) is 5.52. The molecule has 1 N–H and O–H groups in total. The molecular weight excluding hydrogens is 404 g/mol. The van der Waals surface area contributed by atoms with Crippen molar-refractivity contribution in [3.63, 3.8) is 0 Å². The second-order valence-electron chi connectivity index (χ2n) is 7.85. The van der Waals surface area contributed by atoms with Crippen molar-refractivity contribution < 1.29 is 9.53 Å². The highest BCUT2D eigenvalue weighted by Crippen LogP contribution is 2.21. The third-order valence-electron chi connectivity index (χ3n) is 5.52. The van der Waals surface area contributed by atoms with Gasteiger partial charge in [-0.05, 0) is 43.2 Å². The van der Waals surface area contributed by atoms with Gasteiger partial charge in [-0.2, -0.15) is 0 Å². The van der Waals surface area contributed by atoms with Gasteiger partial charge in [-0.3, -0.25) is 4.79 Å². The molecule has 1 aliphatic rings. The van der Waals surface area contributed by atoms with Gasteiger partial charge in [0.25, 0.3) is 0 Å². The Kier molecular flexibility index (Phi) is 6.49. The van der Waals surface area contributed by atoms with Gasteiger partial charge in [-0.15, -0.1) is 0 Å². The molecule has 0 spiro atoms. The van der Waals surface area contributed by atoms with E-state index in [0.29, 0.717) is 31.2 Å². The van der Waals surface area contributed by atoms with Crippen LogP contribution in [0.4, 0.5) is 17.5 Å². The van der Waals surface area contributed by atoms with Gasteiger partial charge >= 0.3 is 0 Å². The van der Waals surface area contributed by atoms with Crippen LogP contribution >= 0.6 is 0 Å². The Balaban J connectivity index is 1.37. The number of nitrogens with zero attached hydrogens (tertiary/aromatic N) is 5. The van der Waals surface area contributed by atoms with E-state index in [2.05, 4.69) is 25.2 Å². The van der Waals surface area contributed by atoms with Crippen molar-refractivity contribution in [2.24, 2.45) is 0 Å². The summed E-state index contributed by atoms with van der Waals surface area (Å²) in [5.41, 5.74) is 2.05. The standard InChI is InChI=1S/C24H28N6O2/c1-17-14-19(7-8-20(17)32-3)15-24(31)30-12-10-29(11-13-30)23-16-22(26-18(2)27-23)28-21-6-4-5-9-25-21/h4-9,14,16H,10-13,15H2,1-3H3,(H,25,26,27,28). The summed E-state index contributed by atoms with van der Waals surface area (Å²) in [6, 6.07) is 13.5. The van der Waals surface area contributed by atoms with Crippen LogP contribution in [0.1, 0.15) is 17.0 Å². The van der Waals surface area contributed by atoms with E-state index in [1.165, 1.54) is 0 Å². The number of pyridine rings is 1. The van der Waals surface area contributed by atoms with E-state index in [1.54, 1.807) is 13.3 Å². The van der Waals surface area contributed by atoms with E-state index in [0.717, 1.165) is 41.6 Å². The summed E-state index contributed by atoms with van der Waals surface area (Å²) >= 11 is 0. The number of hydrogen-bond donors (Lipinski definition) is 1. The Hall–Kier alpha value is -3.68. The van der Waals surface area contributed by atoms with Gasteiger partial charge in [-0.1, -0.05) is 18.2 Å². The quantitative estimate of drug-likeness (QED) is 0.641. The molecule has 4 rings (SSSR count). The first kappa shape index (κ1) is 21.5. The maximum Gasteiger partial charge on any atom is 0.227 e. The molecule has 2 aromatic heterocycles. The monoisotopic (exact) mass is 432 g/mol. The number of methoxy groups -OCH3 is 1. The van der Waals surface area contributed by atoms with Gasteiger partial charge in [0.1, 0.15) is 29.0 Å². The number of nitrogens with one attached hydrogen (secondary N) is 1. The topological polar surface area (TPSA) is 83.5 Å². The van der Waals surface area contributed by atoms with Crippen molar-refractivity contribution in [2.45, 2.75) is 20.3 Å². The lowest BCUT2D eigenvalue weighted by Gasteiger charge is -2.35. The lowest BCUT2D eigenvalue weighted by Crippen LogP contribution is -2.49. The van der Waals surface area contributed by atoms with Crippen LogP contribution in [0.25, 0.3) is 0 Å². The van der Waals surface area contributed by atoms with Gasteiger partial charge in [0, 0.05) is 38.4 Å². The minimum Gasteiger partial charge on any atom is -0.496 e. The van der Waals surface area contributed by atoms with E-state index in [9.17, 15) is 4.79 Å². The second kappa shape index (κ2) is 9.64. The fourth-order valence-corrected chi connectivity index (χ4v) is 3.87. The van der Waals surface area contributed by atoms with Crippen molar-refractivity contribution in [1.29, 1.82) is 0 Å². The number of amides is 1. The molecule has 166 valence electrons. The van der Waals surface area contributed by atoms with Gasteiger partial charge in [0.15, 0.2) is 0 Å². The van der Waals surface area contributed by atoms with E-state index >= 15 is 0 Å². The molecule has 1 fully saturated rings. The van der Waals surface area contributed by atoms with Gasteiger partial charge < -0.3 is 19.9 Å². The maximum absolute atomic E-state index is 12.8. The van der Waals surface area contributed by atoms with E-state index < -0.39 is 0 Å². The molecule has 1 saturated heterocycles. The fraction of sp³-hybridized carbons (Fsp3) is 0.333. The van der Waals surface area contributed by atoms with Crippen LogP contribution in [0.5, 0.6) is 5.75 Å². The van der Waals surface area contributed by atoms with Gasteiger partial charge in [0.05, 0.1) is 13.5 Å². The van der Waals surface area contributed by atoms with Crippen molar-refractivity contribution in [1.82, 2.24) is 19.9 Å². The summed E-state index contributed by atoms with van der Waals surface area (Å²) in [5.74, 6) is 3.97. The smallest absolute Gasteiger partial charge is 0.227 e. The van der Waals surface area contributed by atoms with Gasteiger partial charge in [0.2, 0.25) is 5.91 Å². The van der Waals surface area contributed by atoms with Crippen LogP contribution < -0.4 is 15.0 Å². The second-order valence-corrected chi connectivity index (χ2v) is 7.85. The summed E-state index contributed by atoms with van der Waals surface area (Å²) < 4.78 is 5.31. The van der Waals surface area contributed by atoms with Crippen molar-refractivity contribution >= 4 is 23.4 Å². The number of carbonyl (C=O) groups is 1. The minimum atomic E-state index is 0.144. The normalized spacial score (nSPS) is 13.7. The predicted octanol–water partition coefficient (Wildman–Crippen LogP) is 3.13. The van der Waals surface area contributed by atoms with Crippen molar-refractivity contribution in [3.05, 3.63) is 65.6 Å². The molecule has 3 heterocycles. The van der Waals surface area contributed by atoms with E-state index in [1.807, 2.05) is 61.2 Å². The highest BCUT2D eigenvalue weighted by molar-refractivity contribution is 5.79. The summed E-state index contributed by atoms with van der Waals surface area (Å²) in [7, 11) is 1.66. The Morgan fingerprint density at radius 1 is 1.03 bits per heavy atom. The van der Waals surface area contributed by atoms with E-state index in [4.69, 9.17) is 4.74 Å². The largest absolute Gasteiger partial charge is 0.496 e. The Bertz CT molecular complexity index is 1080. The fourth-order valence-electron chi connectivity index (χ4n) is 3.87. The Morgan fingerprint density at radius 2 is 1.84 bits per heavy atom. The number of carbonyl (C=O) groups excluding carboxylic acids is 1. The van der Waals surface area contributed by atoms with Crippen LogP contribution in [0, 0.1) is 13.8 Å². The summed E-state index contributed by atoms with van der Waals surface area (Å²) in [6.45, 7) is 6.66. The highest BCUT2D eigenvalue weighted by atomic mass is 16.5. The van der Waals surface area contributed by atoms with Crippen molar-refractivity contribution in [2.75, 3.05) is 43.5 Å². The van der Waals surface area contributed by atoms with Crippen LogP contribution in [-0.2, 0) is 11.2 Å². The molecule has 1 amide bonds. The number of piperazine rings is 1.